The Labute approximate surface area is 97.8 Å². The fraction of sp³-hybridized carbons (Fsp3) is 0.571. The van der Waals surface area contributed by atoms with Gasteiger partial charge in [-0.1, -0.05) is 12.1 Å². The van der Waals surface area contributed by atoms with E-state index in [0.717, 1.165) is 24.8 Å². The Morgan fingerprint density at radius 2 is 2.19 bits per heavy atom. The van der Waals surface area contributed by atoms with Crippen molar-refractivity contribution in [1.29, 1.82) is 0 Å². The van der Waals surface area contributed by atoms with Gasteiger partial charge in [-0.05, 0) is 62.3 Å². The highest BCUT2D eigenvalue weighted by molar-refractivity contribution is 5.38. The molecule has 88 valence electrons. The maximum Gasteiger partial charge on any atom is 0.122 e. The lowest BCUT2D eigenvalue weighted by Gasteiger charge is -2.16. The van der Waals surface area contributed by atoms with Gasteiger partial charge in [0.15, 0.2) is 0 Å². The maximum atomic E-state index is 5.86. The Kier molecular flexibility index (Phi) is 3.49. The standard InChI is InChI=1S/C14H21NO/c1-3-16-14-7-6-12(8-10(14)2)13(9-15)11-4-5-11/h6-8,11,13H,3-5,9,15H2,1-2H3. The van der Waals surface area contributed by atoms with Crippen molar-refractivity contribution >= 4 is 0 Å². The summed E-state index contributed by atoms with van der Waals surface area (Å²) in [6, 6.07) is 6.49. The summed E-state index contributed by atoms with van der Waals surface area (Å²) >= 11 is 0. The van der Waals surface area contributed by atoms with Crippen LogP contribution in [-0.2, 0) is 0 Å². The predicted molar refractivity (Wildman–Crippen MR) is 66.9 cm³/mol. The van der Waals surface area contributed by atoms with E-state index >= 15 is 0 Å². The molecule has 1 saturated carbocycles. The molecule has 2 N–H and O–H groups in total. The minimum Gasteiger partial charge on any atom is -0.494 e. The molecule has 1 unspecified atom stereocenters. The lowest BCUT2D eigenvalue weighted by molar-refractivity contribution is 0.337. The summed E-state index contributed by atoms with van der Waals surface area (Å²) in [5.41, 5.74) is 8.46. The fourth-order valence-electron chi connectivity index (χ4n) is 2.32. The molecule has 2 rings (SSSR count). The van der Waals surface area contributed by atoms with E-state index < -0.39 is 0 Å². The summed E-state index contributed by atoms with van der Waals surface area (Å²) in [5.74, 6) is 2.37. The minimum atomic E-state index is 0.550. The zero-order chi connectivity index (χ0) is 11.5. The van der Waals surface area contributed by atoms with E-state index in [1.807, 2.05) is 6.92 Å². The van der Waals surface area contributed by atoms with Gasteiger partial charge in [0.2, 0.25) is 0 Å². The van der Waals surface area contributed by atoms with Crippen LogP contribution in [0.2, 0.25) is 0 Å². The Hall–Kier alpha value is -1.02. The van der Waals surface area contributed by atoms with Gasteiger partial charge in [-0.2, -0.15) is 0 Å². The summed E-state index contributed by atoms with van der Waals surface area (Å²) in [6.07, 6.45) is 2.68. The molecule has 1 aromatic rings. The van der Waals surface area contributed by atoms with Crippen LogP contribution in [0, 0.1) is 12.8 Å². The molecule has 2 nitrogen and oxygen atoms in total. The van der Waals surface area contributed by atoms with Gasteiger partial charge in [0.05, 0.1) is 6.61 Å². The fourth-order valence-corrected chi connectivity index (χ4v) is 2.32. The SMILES string of the molecule is CCOc1ccc(C(CN)C2CC2)cc1C. The van der Waals surface area contributed by atoms with Crippen molar-refractivity contribution in [1.82, 2.24) is 0 Å². The molecule has 1 fully saturated rings. The van der Waals surface area contributed by atoms with Crippen molar-refractivity contribution in [3.63, 3.8) is 0 Å². The summed E-state index contributed by atoms with van der Waals surface area (Å²) in [4.78, 5) is 0. The second-order valence-electron chi connectivity index (χ2n) is 4.64. The second kappa shape index (κ2) is 4.88. The quantitative estimate of drug-likeness (QED) is 0.826. The first-order valence-corrected chi connectivity index (χ1v) is 6.19. The number of hydrogen-bond donors (Lipinski definition) is 1. The van der Waals surface area contributed by atoms with Gasteiger partial charge < -0.3 is 10.5 Å². The van der Waals surface area contributed by atoms with Crippen molar-refractivity contribution in [2.45, 2.75) is 32.6 Å². The molecule has 0 radical (unpaired) electrons. The number of ether oxygens (including phenoxy) is 1. The van der Waals surface area contributed by atoms with Crippen molar-refractivity contribution in [3.8, 4) is 5.75 Å². The van der Waals surface area contributed by atoms with Gasteiger partial charge in [-0.25, -0.2) is 0 Å². The molecule has 0 bridgehead atoms. The van der Waals surface area contributed by atoms with Crippen LogP contribution < -0.4 is 10.5 Å². The number of hydrogen-bond acceptors (Lipinski definition) is 2. The minimum absolute atomic E-state index is 0.550. The smallest absolute Gasteiger partial charge is 0.122 e. The normalized spacial score (nSPS) is 17.2. The van der Waals surface area contributed by atoms with Crippen LogP contribution in [0.3, 0.4) is 0 Å². The third kappa shape index (κ3) is 2.38. The molecule has 1 aliphatic rings. The molecule has 16 heavy (non-hydrogen) atoms. The molecule has 0 aliphatic heterocycles. The lowest BCUT2D eigenvalue weighted by atomic mass is 9.93. The number of benzene rings is 1. The third-order valence-corrected chi connectivity index (χ3v) is 3.37. The van der Waals surface area contributed by atoms with Gasteiger partial charge >= 0.3 is 0 Å². The molecular weight excluding hydrogens is 198 g/mol. The molecule has 2 heteroatoms. The van der Waals surface area contributed by atoms with Crippen molar-refractivity contribution < 1.29 is 4.74 Å². The highest BCUT2D eigenvalue weighted by Gasteiger charge is 2.31. The second-order valence-corrected chi connectivity index (χ2v) is 4.64. The molecule has 0 saturated heterocycles. The zero-order valence-electron chi connectivity index (χ0n) is 10.2. The molecule has 1 aliphatic carbocycles. The number of nitrogens with two attached hydrogens (primary N) is 1. The van der Waals surface area contributed by atoms with Gasteiger partial charge in [-0.3, -0.25) is 0 Å². The highest BCUT2D eigenvalue weighted by atomic mass is 16.5. The van der Waals surface area contributed by atoms with E-state index in [1.54, 1.807) is 0 Å². The number of aryl methyl sites for hydroxylation is 1. The maximum absolute atomic E-state index is 5.86. The van der Waals surface area contributed by atoms with E-state index in [4.69, 9.17) is 10.5 Å². The monoisotopic (exact) mass is 219 g/mol. The van der Waals surface area contributed by atoms with E-state index in [-0.39, 0.29) is 0 Å². The number of rotatable bonds is 5. The van der Waals surface area contributed by atoms with E-state index in [9.17, 15) is 0 Å². The highest BCUT2D eigenvalue weighted by Crippen LogP contribution is 2.42. The van der Waals surface area contributed by atoms with Crippen LogP contribution >= 0.6 is 0 Å². The molecule has 0 heterocycles. The van der Waals surface area contributed by atoms with Gasteiger partial charge in [-0.15, -0.1) is 0 Å². The third-order valence-electron chi connectivity index (χ3n) is 3.37. The Bertz CT molecular complexity index is 358. The molecule has 0 amide bonds. The summed E-state index contributed by atoms with van der Waals surface area (Å²) in [5, 5.41) is 0. The first-order valence-electron chi connectivity index (χ1n) is 6.19. The topological polar surface area (TPSA) is 35.2 Å². The Morgan fingerprint density at radius 1 is 1.44 bits per heavy atom. The van der Waals surface area contributed by atoms with Gasteiger partial charge in [0, 0.05) is 0 Å². The van der Waals surface area contributed by atoms with Crippen molar-refractivity contribution in [2.75, 3.05) is 13.2 Å². The van der Waals surface area contributed by atoms with E-state index in [1.165, 1.54) is 24.0 Å². The average molecular weight is 219 g/mol. The van der Waals surface area contributed by atoms with Crippen LogP contribution in [0.15, 0.2) is 18.2 Å². The molecule has 0 aromatic heterocycles. The van der Waals surface area contributed by atoms with Crippen LogP contribution in [0.5, 0.6) is 5.75 Å². The summed E-state index contributed by atoms with van der Waals surface area (Å²) in [6.45, 7) is 5.61. The Balaban J connectivity index is 2.18. The lowest BCUT2D eigenvalue weighted by Crippen LogP contribution is -2.14. The summed E-state index contributed by atoms with van der Waals surface area (Å²) < 4.78 is 5.55. The van der Waals surface area contributed by atoms with Crippen LogP contribution in [-0.4, -0.2) is 13.2 Å². The summed E-state index contributed by atoms with van der Waals surface area (Å²) in [7, 11) is 0. The molecule has 1 atom stereocenters. The largest absolute Gasteiger partial charge is 0.494 e. The molecular formula is C14H21NO. The first kappa shape index (κ1) is 11.5. The van der Waals surface area contributed by atoms with Crippen LogP contribution in [0.25, 0.3) is 0 Å². The van der Waals surface area contributed by atoms with Crippen molar-refractivity contribution in [3.05, 3.63) is 29.3 Å². The van der Waals surface area contributed by atoms with Crippen LogP contribution in [0.4, 0.5) is 0 Å². The zero-order valence-corrected chi connectivity index (χ0v) is 10.2. The van der Waals surface area contributed by atoms with Gasteiger partial charge in [0.25, 0.3) is 0 Å². The van der Waals surface area contributed by atoms with E-state index in [0.29, 0.717) is 5.92 Å². The Morgan fingerprint density at radius 3 is 2.69 bits per heavy atom. The average Bonchev–Trinajstić information content (AvgIpc) is 3.07. The van der Waals surface area contributed by atoms with Crippen molar-refractivity contribution in [2.24, 2.45) is 11.7 Å². The van der Waals surface area contributed by atoms with E-state index in [2.05, 4.69) is 25.1 Å². The predicted octanol–water partition coefficient (Wildman–Crippen LogP) is 2.85. The first-order chi connectivity index (χ1) is 7.76. The van der Waals surface area contributed by atoms with Crippen LogP contribution in [0.1, 0.15) is 36.8 Å². The molecule has 0 spiro atoms. The van der Waals surface area contributed by atoms with Gasteiger partial charge in [0.1, 0.15) is 5.75 Å². The molecule has 1 aromatic carbocycles.